The van der Waals surface area contributed by atoms with E-state index in [4.69, 9.17) is 11.6 Å². The fraction of sp³-hybridized carbons (Fsp3) is 0.333. The fourth-order valence-corrected chi connectivity index (χ4v) is 5.85. The van der Waals surface area contributed by atoms with E-state index in [1.807, 2.05) is 45.0 Å². The van der Waals surface area contributed by atoms with Crippen LogP contribution in [-0.4, -0.2) is 44.3 Å². The second-order valence-electron chi connectivity index (χ2n) is 9.73. The van der Waals surface area contributed by atoms with Gasteiger partial charge in [0.05, 0.1) is 10.6 Å². The maximum absolute atomic E-state index is 14.0. The Hall–Kier alpha value is -2.88. The number of carbonyl (C=O) groups excluding carboxylic acids is 2. The highest BCUT2D eigenvalue weighted by molar-refractivity contribution is 9.10. The van der Waals surface area contributed by atoms with E-state index in [-0.39, 0.29) is 23.0 Å². The summed E-state index contributed by atoms with van der Waals surface area (Å²) < 4.78 is 29.7. The summed E-state index contributed by atoms with van der Waals surface area (Å²) in [5.74, 6) is -0.821. The van der Waals surface area contributed by atoms with Crippen LogP contribution >= 0.6 is 27.5 Å². The van der Waals surface area contributed by atoms with Crippen LogP contribution in [0.25, 0.3) is 0 Å². The Kier molecular flexibility index (Phi) is 11.2. The number of carbonyl (C=O) groups is 2. The molecule has 1 atom stereocenters. The zero-order valence-electron chi connectivity index (χ0n) is 23.2. The molecule has 0 heterocycles. The average Bonchev–Trinajstić information content (AvgIpc) is 2.92. The molecule has 3 aromatic carbocycles. The molecule has 3 rings (SSSR count). The topological polar surface area (TPSA) is 86.8 Å². The first kappa shape index (κ1) is 31.6. The van der Waals surface area contributed by atoms with Gasteiger partial charge >= 0.3 is 0 Å². The van der Waals surface area contributed by atoms with E-state index in [2.05, 4.69) is 21.2 Å². The molecule has 0 aliphatic heterocycles. The molecule has 1 unspecified atom stereocenters. The Labute approximate surface area is 250 Å². The van der Waals surface area contributed by atoms with Crippen molar-refractivity contribution in [2.75, 3.05) is 17.4 Å². The van der Waals surface area contributed by atoms with Crippen LogP contribution in [0.2, 0.25) is 5.02 Å². The van der Waals surface area contributed by atoms with Crippen LogP contribution in [0.5, 0.6) is 0 Å². The van der Waals surface area contributed by atoms with Crippen LogP contribution in [0, 0.1) is 13.8 Å². The van der Waals surface area contributed by atoms with Gasteiger partial charge in [-0.2, -0.15) is 0 Å². The molecule has 3 aromatic rings. The first-order valence-electron chi connectivity index (χ1n) is 13.1. The fourth-order valence-electron chi connectivity index (χ4n) is 4.01. The summed E-state index contributed by atoms with van der Waals surface area (Å²) in [6.45, 7) is 7.47. The van der Waals surface area contributed by atoms with Crippen LogP contribution in [0.15, 0.2) is 76.1 Å². The molecular weight excluding hydrogens is 614 g/mol. The summed E-state index contributed by atoms with van der Waals surface area (Å²) in [6.07, 6.45) is 1.73. The first-order valence-corrected chi connectivity index (χ1v) is 15.7. The van der Waals surface area contributed by atoms with E-state index in [0.717, 1.165) is 38.3 Å². The van der Waals surface area contributed by atoms with Crippen LogP contribution in [-0.2, 0) is 26.2 Å². The zero-order chi connectivity index (χ0) is 29.4. The SMILES string of the molecule is CCCCNC(=O)C(C)N(Cc1ccc(Br)cc1)C(=O)CN(c1ccc(C)c(Cl)c1)S(=O)(=O)c1ccc(C)cc1. The molecule has 0 aliphatic carbocycles. The molecule has 0 saturated carbocycles. The maximum Gasteiger partial charge on any atom is 0.264 e. The Morgan fingerprint density at radius 2 is 1.65 bits per heavy atom. The predicted molar refractivity (Wildman–Crippen MR) is 164 cm³/mol. The lowest BCUT2D eigenvalue weighted by Crippen LogP contribution is -2.51. The smallest absolute Gasteiger partial charge is 0.264 e. The maximum atomic E-state index is 14.0. The highest BCUT2D eigenvalue weighted by Gasteiger charge is 2.32. The number of aryl methyl sites for hydroxylation is 2. The molecule has 0 radical (unpaired) electrons. The second kappa shape index (κ2) is 14.1. The molecule has 0 fully saturated rings. The number of amides is 2. The highest BCUT2D eigenvalue weighted by Crippen LogP contribution is 2.29. The van der Waals surface area contributed by atoms with Gasteiger partial charge in [0.2, 0.25) is 11.8 Å². The van der Waals surface area contributed by atoms with Gasteiger partial charge in [0, 0.05) is 22.6 Å². The van der Waals surface area contributed by atoms with Crippen molar-refractivity contribution in [3.05, 3.63) is 92.9 Å². The van der Waals surface area contributed by atoms with Crippen molar-refractivity contribution in [3.8, 4) is 0 Å². The number of sulfonamides is 1. The average molecular weight is 649 g/mol. The van der Waals surface area contributed by atoms with Crippen molar-refractivity contribution in [3.63, 3.8) is 0 Å². The van der Waals surface area contributed by atoms with Crippen molar-refractivity contribution >= 4 is 55.1 Å². The van der Waals surface area contributed by atoms with Gasteiger partial charge in [0.1, 0.15) is 12.6 Å². The van der Waals surface area contributed by atoms with Crippen LogP contribution in [0.3, 0.4) is 0 Å². The van der Waals surface area contributed by atoms with E-state index < -0.39 is 28.5 Å². The van der Waals surface area contributed by atoms with Crippen molar-refractivity contribution in [2.45, 2.75) is 58.0 Å². The van der Waals surface area contributed by atoms with Gasteiger partial charge in [0.25, 0.3) is 10.0 Å². The largest absolute Gasteiger partial charge is 0.354 e. The number of unbranched alkanes of at least 4 members (excludes halogenated alkanes) is 1. The van der Waals surface area contributed by atoms with Crippen molar-refractivity contribution in [2.24, 2.45) is 0 Å². The third-order valence-electron chi connectivity index (χ3n) is 6.59. The number of hydrogen-bond donors (Lipinski definition) is 1. The summed E-state index contributed by atoms with van der Waals surface area (Å²) in [7, 11) is -4.15. The van der Waals surface area contributed by atoms with Gasteiger partial charge in [-0.3, -0.25) is 13.9 Å². The molecule has 0 spiro atoms. The monoisotopic (exact) mass is 647 g/mol. The Morgan fingerprint density at radius 3 is 2.25 bits per heavy atom. The van der Waals surface area contributed by atoms with Gasteiger partial charge in [-0.1, -0.05) is 76.8 Å². The third kappa shape index (κ3) is 8.08. The Morgan fingerprint density at radius 1 is 1.00 bits per heavy atom. The minimum absolute atomic E-state index is 0.0485. The molecule has 2 amide bonds. The van der Waals surface area contributed by atoms with Crippen LogP contribution < -0.4 is 9.62 Å². The Bertz CT molecular complexity index is 1430. The molecule has 0 saturated heterocycles. The summed E-state index contributed by atoms with van der Waals surface area (Å²) in [5.41, 5.74) is 2.74. The number of nitrogens with one attached hydrogen (secondary N) is 1. The minimum atomic E-state index is -4.15. The van der Waals surface area contributed by atoms with Crippen molar-refractivity contribution < 1.29 is 18.0 Å². The lowest BCUT2D eigenvalue weighted by Gasteiger charge is -2.32. The number of rotatable bonds is 12. The molecule has 0 aromatic heterocycles. The lowest BCUT2D eigenvalue weighted by atomic mass is 10.1. The van der Waals surface area contributed by atoms with Gasteiger partial charge in [-0.15, -0.1) is 0 Å². The first-order chi connectivity index (χ1) is 18.9. The normalized spacial score (nSPS) is 12.1. The Balaban J connectivity index is 2.02. The molecular formula is C30H35BrClN3O4S. The molecule has 10 heteroatoms. The van der Waals surface area contributed by atoms with E-state index in [1.165, 1.54) is 23.1 Å². The zero-order valence-corrected chi connectivity index (χ0v) is 26.3. The van der Waals surface area contributed by atoms with Crippen molar-refractivity contribution in [1.82, 2.24) is 10.2 Å². The highest BCUT2D eigenvalue weighted by atomic mass is 79.9. The lowest BCUT2D eigenvalue weighted by molar-refractivity contribution is -0.139. The summed E-state index contributed by atoms with van der Waals surface area (Å²) >= 11 is 9.79. The molecule has 40 heavy (non-hydrogen) atoms. The van der Waals surface area contributed by atoms with E-state index in [1.54, 1.807) is 31.2 Å². The van der Waals surface area contributed by atoms with E-state index in [9.17, 15) is 18.0 Å². The number of benzene rings is 3. The molecule has 7 nitrogen and oxygen atoms in total. The molecule has 0 aliphatic rings. The van der Waals surface area contributed by atoms with Gasteiger partial charge in [-0.05, 0) is 74.7 Å². The van der Waals surface area contributed by atoms with Crippen molar-refractivity contribution in [1.29, 1.82) is 0 Å². The van der Waals surface area contributed by atoms with Crippen LogP contribution in [0.4, 0.5) is 5.69 Å². The predicted octanol–water partition coefficient (Wildman–Crippen LogP) is 6.25. The molecule has 214 valence electrons. The molecule has 0 bridgehead atoms. The summed E-state index contributed by atoms with van der Waals surface area (Å²) in [4.78, 5) is 28.5. The molecule has 1 N–H and O–H groups in total. The number of anilines is 1. The third-order valence-corrected chi connectivity index (χ3v) is 9.32. The summed E-state index contributed by atoms with van der Waals surface area (Å²) in [6, 6.07) is 17.9. The second-order valence-corrected chi connectivity index (χ2v) is 12.9. The van der Waals surface area contributed by atoms with E-state index in [0.29, 0.717) is 11.6 Å². The quantitative estimate of drug-likeness (QED) is 0.235. The summed E-state index contributed by atoms with van der Waals surface area (Å²) in [5, 5.41) is 3.26. The number of nitrogens with zero attached hydrogens (tertiary/aromatic N) is 2. The van der Waals surface area contributed by atoms with Gasteiger partial charge in [0.15, 0.2) is 0 Å². The van der Waals surface area contributed by atoms with E-state index >= 15 is 0 Å². The van der Waals surface area contributed by atoms with Gasteiger partial charge in [-0.25, -0.2) is 8.42 Å². The number of halogens is 2. The van der Waals surface area contributed by atoms with Crippen LogP contribution in [0.1, 0.15) is 43.4 Å². The minimum Gasteiger partial charge on any atom is -0.354 e. The van der Waals surface area contributed by atoms with Gasteiger partial charge < -0.3 is 10.2 Å². The standard InChI is InChI=1S/C30H35BrClN3O4S/c1-5-6-17-33-30(37)23(4)34(19-24-10-12-25(31)13-11-24)29(36)20-35(26-14-9-22(3)28(32)18-26)40(38,39)27-15-7-21(2)8-16-27/h7-16,18,23H,5-6,17,19-20H2,1-4H3,(H,33,37). The number of hydrogen-bond acceptors (Lipinski definition) is 4.